The third-order valence-corrected chi connectivity index (χ3v) is 2.52. The van der Waals surface area contributed by atoms with Crippen LogP contribution in [0.2, 0.25) is 0 Å². The van der Waals surface area contributed by atoms with E-state index in [0.717, 1.165) is 5.92 Å². The number of allylic oxidation sites excluding steroid dienone is 2. The molecule has 0 spiro atoms. The Morgan fingerprint density at radius 1 is 1.50 bits per heavy atom. The molecule has 0 aliphatic heterocycles. The van der Waals surface area contributed by atoms with E-state index in [1.54, 1.807) is 5.57 Å². The Balaban J connectivity index is 2.48. The van der Waals surface area contributed by atoms with Crippen LogP contribution in [0, 0.1) is 5.92 Å². The molecular formula is C10H18. The van der Waals surface area contributed by atoms with Crippen LogP contribution in [0.25, 0.3) is 0 Å². The summed E-state index contributed by atoms with van der Waals surface area (Å²) in [6.45, 7) is 4.56. The maximum absolute atomic E-state index is 2.50. The fourth-order valence-corrected chi connectivity index (χ4v) is 1.71. The van der Waals surface area contributed by atoms with Gasteiger partial charge in [0.2, 0.25) is 0 Å². The molecule has 1 atom stereocenters. The van der Waals surface area contributed by atoms with E-state index in [0.29, 0.717) is 0 Å². The Kier molecular flexibility index (Phi) is 2.98. The van der Waals surface area contributed by atoms with E-state index in [1.165, 1.54) is 32.1 Å². The highest BCUT2D eigenvalue weighted by atomic mass is 14.1. The molecule has 58 valence electrons. The standard InChI is InChI=1S/C10H18/c1-3-9-6-5-7-10(4-2)8-9/h8-9H,3-7H2,1-2H3/t9-/m0/s1. The van der Waals surface area contributed by atoms with E-state index in [2.05, 4.69) is 19.9 Å². The second kappa shape index (κ2) is 3.80. The predicted octanol–water partition coefficient (Wildman–Crippen LogP) is 3.53. The maximum atomic E-state index is 2.50. The van der Waals surface area contributed by atoms with Crippen LogP contribution in [-0.4, -0.2) is 0 Å². The predicted molar refractivity (Wildman–Crippen MR) is 46.0 cm³/mol. The lowest BCUT2D eigenvalue weighted by Gasteiger charge is -2.18. The summed E-state index contributed by atoms with van der Waals surface area (Å²) in [4.78, 5) is 0. The first-order chi connectivity index (χ1) is 4.86. The highest BCUT2D eigenvalue weighted by Crippen LogP contribution is 2.26. The molecule has 0 amide bonds. The molecule has 0 unspecified atom stereocenters. The summed E-state index contributed by atoms with van der Waals surface area (Å²) < 4.78 is 0. The van der Waals surface area contributed by atoms with Crippen LogP contribution in [0.3, 0.4) is 0 Å². The van der Waals surface area contributed by atoms with Crippen LogP contribution in [-0.2, 0) is 0 Å². The zero-order valence-electron chi connectivity index (χ0n) is 7.19. The largest absolute Gasteiger partial charge is 0.0822 e. The molecule has 0 heterocycles. The van der Waals surface area contributed by atoms with Crippen molar-refractivity contribution in [1.82, 2.24) is 0 Å². The molecule has 0 saturated carbocycles. The molecule has 0 aromatic carbocycles. The molecule has 0 heteroatoms. The van der Waals surface area contributed by atoms with Gasteiger partial charge in [0, 0.05) is 0 Å². The Bertz CT molecular complexity index is 122. The summed E-state index contributed by atoms with van der Waals surface area (Å²) in [5.41, 5.74) is 1.69. The minimum Gasteiger partial charge on any atom is -0.0822 e. The average Bonchev–Trinajstić information content (AvgIpc) is 2.05. The summed E-state index contributed by atoms with van der Waals surface area (Å²) in [7, 11) is 0. The first-order valence-electron chi connectivity index (χ1n) is 4.56. The zero-order valence-corrected chi connectivity index (χ0v) is 7.19. The molecule has 0 fully saturated rings. The van der Waals surface area contributed by atoms with E-state index < -0.39 is 0 Å². The second-order valence-electron chi connectivity index (χ2n) is 3.24. The van der Waals surface area contributed by atoms with Crippen molar-refractivity contribution >= 4 is 0 Å². The van der Waals surface area contributed by atoms with Gasteiger partial charge >= 0.3 is 0 Å². The number of hydrogen-bond donors (Lipinski definition) is 0. The van der Waals surface area contributed by atoms with Gasteiger partial charge in [0.1, 0.15) is 0 Å². The fourth-order valence-electron chi connectivity index (χ4n) is 1.71. The maximum Gasteiger partial charge on any atom is -0.0233 e. The molecule has 1 aliphatic carbocycles. The fraction of sp³-hybridized carbons (Fsp3) is 0.800. The van der Waals surface area contributed by atoms with Gasteiger partial charge in [-0.25, -0.2) is 0 Å². The lowest BCUT2D eigenvalue weighted by atomic mass is 9.88. The summed E-state index contributed by atoms with van der Waals surface area (Å²) in [6.07, 6.45) is 9.34. The third kappa shape index (κ3) is 1.86. The van der Waals surface area contributed by atoms with Gasteiger partial charge in [0.25, 0.3) is 0 Å². The summed E-state index contributed by atoms with van der Waals surface area (Å²) in [5, 5.41) is 0. The second-order valence-corrected chi connectivity index (χ2v) is 3.24. The summed E-state index contributed by atoms with van der Waals surface area (Å²) in [6, 6.07) is 0. The summed E-state index contributed by atoms with van der Waals surface area (Å²) >= 11 is 0. The van der Waals surface area contributed by atoms with E-state index in [1.807, 2.05) is 0 Å². The number of hydrogen-bond acceptors (Lipinski definition) is 0. The molecule has 1 aliphatic rings. The number of rotatable bonds is 2. The van der Waals surface area contributed by atoms with Gasteiger partial charge in [0.05, 0.1) is 0 Å². The van der Waals surface area contributed by atoms with Gasteiger partial charge in [0.15, 0.2) is 0 Å². The monoisotopic (exact) mass is 138 g/mol. The quantitative estimate of drug-likeness (QED) is 0.512. The van der Waals surface area contributed by atoms with Crippen LogP contribution in [0.5, 0.6) is 0 Å². The molecule has 0 aromatic heterocycles. The van der Waals surface area contributed by atoms with Crippen molar-refractivity contribution in [3.8, 4) is 0 Å². The van der Waals surface area contributed by atoms with Crippen molar-refractivity contribution in [3.63, 3.8) is 0 Å². The van der Waals surface area contributed by atoms with Gasteiger partial charge in [-0.15, -0.1) is 0 Å². The van der Waals surface area contributed by atoms with Gasteiger partial charge < -0.3 is 0 Å². The first kappa shape index (κ1) is 7.84. The topological polar surface area (TPSA) is 0 Å². The van der Waals surface area contributed by atoms with E-state index in [-0.39, 0.29) is 0 Å². The zero-order chi connectivity index (χ0) is 7.40. The molecule has 0 aromatic rings. The van der Waals surface area contributed by atoms with Crippen molar-refractivity contribution in [2.75, 3.05) is 0 Å². The molecule has 0 bridgehead atoms. The van der Waals surface area contributed by atoms with Crippen molar-refractivity contribution in [2.45, 2.75) is 46.0 Å². The van der Waals surface area contributed by atoms with Crippen LogP contribution < -0.4 is 0 Å². The molecule has 0 saturated heterocycles. The molecule has 0 radical (unpaired) electrons. The van der Waals surface area contributed by atoms with E-state index >= 15 is 0 Å². The van der Waals surface area contributed by atoms with E-state index in [4.69, 9.17) is 0 Å². The first-order valence-corrected chi connectivity index (χ1v) is 4.56. The van der Waals surface area contributed by atoms with Gasteiger partial charge in [-0.3, -0.25) is 0 Å². The Hall–Kier alpha value is -0.260. The van der Waals surface area contributed by atoms with Crippen molar-refractivity contribution in [1.29, 1.82) is 0 Å². The lowest BCUT2D eigenvalue weighted by molar-refractivity contribution is 0.509. The third-order valence-electron chi connectivity index (χ3n) is 2.52. The molecule has 0 N–H and O–H groups in total. The molecule has 10 heavy (non-hydrogen) atoms. The Morgan fingerprint density at radius 3 is 2.90 bits per heavy atom. The molecule has 0 nitrogen and oxygen atoms in total. The molecular weight excluding hydrogens is 120 g/mol. The Morgan fingerprint density at radius 2 is 2.30 bits per heavy atom. The Labute approximate surface area is 64.3 Å². The normalized spacial score (nSPS) is 26.2. The highest BCUT2D eigenvalue weighted by Gasteiger charge is 2.09. The lowest BCUT2D eigenvalue weighted by Crippen LogP contribution is -2.02. The highest BCUT2D eigenvalue weighted by molar-refractivity contribution is 5.06. The molecule has 1 rings (SSSR count). The van der Waals surface area contributed by atoms with Gasteiger partial charge in [-0.2, -0.15) is 0 Å². The van der Waals surface area contributed by atoms with Crippen LogP contribution in [0.1, 0.15) is 46.0 Å². The summed E-state index contributed by atoms with van der Waals surface area (Å²) in [5.74, 6) is 0.906. The van der Waals surface area contributed by atoms with Crippen LogP contribution >= 0.6 is 0 Å². The van der Waals surface area contributed by atoms with Gasteiger partial charge in [-0.05, 0) is 38.0 Å². The van der Waals surface area contributed by atoms with Crippen molar-refractivity contribution < 1.29 is 0 Å². The van der Waals surface area contributed by atoms with Gasteiger partial charge in [-0.1, -0.05) is 25.5 Å². The minimum atomic E-state index is 0.906. The van der Waals surface area contributed by atoms with Crippen LogP contribution in [0.4, 0.5) is 0 Å². The van der Waals surface area contributed by atoms with Crippen molar-refractivity contribution in [2.24, 2.45) is 5.92 Å². The van der Waals surface area contributed by atoms with Crippen molar-refractivity contribution in [3.05, 3.63) is 11.6 Å². The smallest absolute Gasteiger partial charge is 0.0233 e. The van der Waals surface area contributed by atoms with E-state index in [9.17, 15) is 0 Å². The van der Waals surface area contributed by atoms with Crippen LogP contribution in [0.15, 0.2) is 11.6 Å². The average molecular weight is 138 g/mol. The minimum absolute atomic E-state index is 0.906. The SMILES string of the molecule is CCC1=C[C@@H](CC)CCC1.